The first-order valence-corrected chi connectivity index (χ1v) is 12.5. The number of sulfonamides is 1. The third-order valence-electron chi connectivity index (χ3n) is 5.50. The third kappa shape index (κ3) is 5.67. The lowest BCUT2D eigenvalue weighted by Crippen LogP contribution is -2.20. The maximum Gasteiger partial charge on any atom is 0.338 e. The molecule has 1 aliphatic carbocycles. The molecule has 0 atom stereocenters. The summed E-state index contributed by atoms with van der Waals surface area (Å²) in [7, 11) is -3.84. The van der Waals surface area contributed by atoms with E-state index in [9.17, 15) is 13.2 Å². The van der Waals surface area contributed by atoms with E-state index in [-0.39, 0.29) is 10.9 Å². The number of esters is 1. The Bertz CT molecular complexity index is 998. The Balaban J connectivity index is 1.81. The van der Waals surface area contributed by atoms with E-state index >= 15 is 0 Å². The van der Waals surface area contributed by atoms with E-state index in [4.69, 9.17) is 4.74 Å². The van der Waals surface area contributed by atoms with Gasteiger partial charge in [0, 0.05) is 17.3 Å². The van der Waals surface area contributed by atoms with Crippen LogP contribution in [0.25, 0.3) is 0 Å². The van der Waals surface area contributed by atoms with Gasteiger partial charge in [-0.15, -0.1) is 0 Å². The quantitative estimate of drug-likeness (QED) is 0.451. The van der Waals surface area contributed by atoms with Crippen LogP contribution in [-0.4, -0.2) is 30.8 Å². The van der Waals surface area contributed by atoms with Crippen molar-refractivity contribution in [2.24, 2.45) is 0 Å². The normalized spacial score (nSPS) is 15.2. The van der Waals surface area contributed by atoms with Gasteiger partial charge in [-0.1, -0.05) is 47.0 Å². The molecule has 0 amide bonds. The fourth-order valence-corrected chi connectivity index (χ4v) is 5.13. The molecule has 0 spiro atoms. The summed E-state index contributed by atoms with van der Waals surface area (Å²) in [5.41, 5.74) is 0.921. The standard InChI is InChI=1S/C23H33N3O4S/c1-5-6-15-30-22(27)17-11-13-18(14-12-17)25-31(28,29)20-16-26(19-9-7-8-10-19)24-21(20)23(2,3)4/h11-14,16,19,25H,5-10,15H2,1-4H3. The number of aromatic nitrogens is 2. The number of benzene rings is 1. The zero-order valence-corrected chi connectivity index (χ0v) is 19.7. The molecule has 0 saturated heterocycles. The average molecular weight is 448 g/mol. The molecule has 0 radical (unpaired) electrons. The van der Waals surface area contributed by atoms with Crippen LogP contribution >= 0.6 is 0 Å². The van der Waals surface area contributed by atoms with Crippen molar-refractivity contribution in [2.45, 2.75) is 82.6 Å². The summed E-state index contributed by atoms with van der Waals surface area (Å²) in [5.74, 6) is -0.407. The van der Waals surface area contributed by atoms with Gasteiger partial charge in [0.1, 0.15) is 4.90 Å². The molecule has 1 aromatic carbocycles. The van der Waals surface area contributed by atoms with Crippen molar-refractivity contribution >= 4 is 21.7 Å². The van der Waals surface area contributed by atoms with E-state index in [2.05, 4.69) is 9.82 Å². The van der Waals surface area contributed by atoms with Gasteiger partial charge in [0.05, 0.1) is 23.9 Å². The summed E-state index contributed by atoms with van der Waals surface area (Å²) in [4.78, 5) is 12.3. The molecule has 1 aromatic heterocycles. The van der Waals surface area contributed by atoms with Crippen molar-refractivity contribution in [3.05, 3.63) is 41.7 Å². The van der Waals surface area contributed by atoms with Crippen LogP contribution < -0.4 is 4.72 Å². The number of nitrogens with zero attached hydrogens (tertiary/aromatic N) is 2. The summed E-state index contributed by atoms with van der Waals surface area (Å²) in [6, 6.07) is 6.54. The Labute approximate surface area is 185 Å². The van der Waals surface area contributed by atoms with Crippen molar-refractivity contribution in [2.75, 3.05) is 11.3 Å². The van der Waals surface area contributed by atoms with Gasteiger partial charge in [-0.3, -0.25) is 9.40 Å². The second kappa shape index (κ2) is 9.42. The van der Waals surface area contributed by atoms with Crippen molar-refractivity contribution in [1.29, 1.82) is 0 Å². The molecule has 1 fully saturated rings. The van der Waals surface area contributed by atoms with E-state index in [1.807, 2.05) is 32.4 Å². The van der Waals surface area contributed by atoms with E-state index in [0.717, 1.165) is 38.5 Å². The minimum absolute atomic E-state index is 0.204. The molecule has 1 saturated carbocycles. The molecule has 7 nitrogen and oxygen atoms in total. The Morgan fingerprint density at radius 2 is 1.84 bits per heavy atom. The zero-order chi connectivity index (χ0) is 22.6. The topological polar surface area (TPSA) is 90.3 Å². The van der Waals surface area contributed by atoms with Crippen LogP contribution in [0.2, 0.25) is 0 Å². The highest BCUT2D eigenvalue weighted by Gasteiger charge is 2.32. The predicted molar refractivity (Wildman–Crippen MR) is 121 cm³/mol. The third-order valence-corrected chi connectivity index (χ3v) is 6.88. The number of nitrogens with one attached hydrogen (secondary N) is 1. The molecule has 1 aliphatic rings. The SMILES string of the molecule is CCCCOC(=O)c1ccc(NS(=O)(=O)c2cn(C3CCCC3)nc2C(C)(C)C)cc1. The van der Waals surface area contributed by atoms with Crippen LogP contribution in [0.5, 0.6) is 0 Å². The largest absolute Gasteiger partial charge is 0.462 e. The Morgan fingerprint density at radius 1 is 1.19 bits per heavy atom. The lowest BCUT2D eigenvalue weighted by atomic mass is 9.92. The van der Waals surface area contributed by atoms with Crippen LogP contribution in [0, 0.1) is 0 Å². The molecule has 1 heterocycles. The van der Waals surface area contributed by atoms with Crippen molar-refractivity contribution in [1.82, 2.24) is 9.78 Å². The lowest BCUT2D eigenvalue weighted by molar-refractivity contribution is 0.0500. The molecule has 0 unspecified atom stereocenters. The first-order valence-electron chi connectivity index (χ1n) is 11.0. The maximum absolute atomic E-state index is 13.2. The van der Waals surface area contributed by atoms with Gasteiger partial charge in [0.2, 0.25) is 0 Å². The van der Waals surface area contributed by atoms with E-state index in [1.54, 1.807) is 30.5 Å². The van der Waals surface area contributed by atoms with Crippen LogP contribution in [0.4, 0.5) is 5.69 Å². The summed E-state index contributed by atoms with van der Waals surface area (Å²) >= 11 is 0. The fourth-order valence-electron chi connectivity index (χ4n) is 3.72. The summed E-state index contributed by atoms with van der Waals surface area (Å²) in [5, 5.41) is 4.68. The molecule has 170 valence electrons. The first-order chi connectivity index (χ1) is 14.6. The molecule has 0 aliphatic heterocycles. The minimum atomic E-state index is -3.84. The van der Waals surface area contributed by atoms with Gasteiger partial charge in [0.25, 0.3) is 10.0 Å². The van der Waals surface area contributed by atoms with Crippen molar-refractivity contribution in [3.63, 3.8) is 0 Å². The van der Waals surface area contributed by atoms with E-state index in [1.165, 1.54) is 0 Å². The molecule has 31 heavy (non-hydrogen) atoms. The number of carbonyl (C=O) groups is 1. The van der Waals surface area contributed by atoms with Gasteiger partial charge in [-0.05, 0) is 43.5 Å². The highest BCUT2D eigenvalue weighted by molar-refractivity contribution is 7.92. The Hall–Kier alpha value is -2.35. The van der Waals surface area contributed by atoms with Crippen molar-refractivity contribution in [3.8, 4) is 0 Å². The number of hydrogen-bond acceptors (Lipinski definition) is 5. The molecule has 1 N–H and O–H groups in total. The Kier molecular flexibility index (Phi) is 7.09. The number of unbranched alkanes of at least 4 members (excludes halogenated alkanes) is 1. The summed E-state index contributed by atoms with van der Waals surface area (Å²) in [6.07, 6.45) is 7.75. The van der Waals surface area contributed by atoms with Crippen LogP contribution in [0.1, 0.15) is 88.3 Å². The monoisotopic (exact) mass is 447 g/mol. The van der Waals surface area contributed by atoms with Gasteiger partial charge in [-0.25, -0.2) is 13.2 Å². The number of carbonyl (C=O) groups excluding carboxylic acids is 1. The Morgan fingerprint density at radius 3 is 2.42 bits per heavy atom. The number of anilines is 1. The van der Waals surface area contributed by atoms with Gasteiger partial charge in [-0.2, -0.15) is 5.10 Å². The zero-order valence-electron chi connectivity index (χ0n) is 18.8. The molecule has 0 bridgehead atoms. The van der Waals surface area contributed by atoms with Crippen LogP contribution in [-0.2, 0) is 20.2 Å². The molecule has 3 rings (SSSR count). The minimum Gasteiger partial charge on any atom is -0.462 e. The number of ether oxygens (including phenoxy) is 1. The molecular formula is C23H33N3O4S. The van der Waals surface area contributed by atoms with E-state index in [0.29, 0.717) is 23.6 Å². The van der Waals surface area contributed by atoms with Crippen LogP contribution in [0.15, 0.2) is 35.4 Å². The smallest absolute Gasteiger partial charge is 0.338 e. The highest BCUT2D eigenvalue weighted by atomic mass is 32.2. The molecule has 8 heteroatoms. The second-order valence-electron chi connectivity index (χ2n) is 9.18. The fraction of sp³-hybridized carbons (Fsp3) is 0.565. The maximum atomic E-state index is 13.2. The van der Waals surface area contributed by atoms with Gasteiger partial charge < -0.3 is 4.74 Å². The van der Waals surface area contributed by atoms with E-state index < -0.39 is 21.4 Å². The molecule has 2 aromatic rings. The number of hydrogen-bond donors (Lipinski definition) is 1. The highest BCUT2D eigenvalue weighted by Crippen LogP contribution is 2.34. The van der Waals surface area contributed by atoms with Gasteiger partial charge in [0.15, 0.2) is 0 Å². The average Bonchev–Trinajstić information content (AvgIpc) is 3.38. The first kappa shape index (κ1) is 23.3. The lowest BCUT2D eigenvalue weighted by Gasteiger charge is -2.18. The molecular weight excluding hydrogens is 414 g/mol. The summed E-state index contributed by atoms with van der Waals surface area (Å²) < 4.78 is 36.1. The van der Waals surface area contributed by atoms with Gasteiger partial charge >= 0.3 is 5.97 Å². The second-order valence-corrected chi connectivity index (χ2v) is 10.8. The summed E-state index contributed by atoms with van der Waals surface area (Å²) in [6.45, 7) is 8.30. The van der Waals surface area contributed by atoms with Crippen molar-refractivity contribution < 1.29 is 17.9 Å². The van der Waals surface area contributed by atoms with Crippen LogP contribution in [0.3, 0.4) is 0 Å². The number of rotatable bonds is 8. The predicted octanol–water partition coefficient (Wildman–Crippen LogP) is 5.05.